The molecule has 5 nitrogen and oxygen atoms in total. The second-order valence-electron chi connectivity index (χ2n) is 19.5. The Hall–Kier alpha value is -8.11. The summed E-state index contributed by atoms with van der Waals surface area (Å²) in [5.74, 6) is 0.616. The molecule has 12 rings (SSSR count). The molecule has 0 saturated carbocycles. The molecule has 0 N–H and O–H groups in total. The van der Waals surface area contributed by atoms with Gasteiger partial charge in [-0.2, -0.15) is 12.1 Å². The average molecular weight is 1160 g/mol. The van der Waals surface area contributed by atoms with Gasteiger partial charge in [0.15, 0.2) is 0 Å². The number of rotatable bonds is 9. The first kappa shape index (κ1) is 30.2. The fourth-order valence-corrected chi connectivity index (χ4v) is 9.00. The van der Waals surface area contributed by atoms with E-state index >= 15 is 0 Å². The van der Waals surface area contributed by atoms with E-state index in [-0.39, 0.29) is 105 Å². The van der Waals surface area contributed by atoms with Crippen molar-refractivity contribution in [3.05, 3.63) is 248 Å². The van der Waals surface area contributed by atoms with Crippen molar-refractivity contribution in [1.29, 1.82) is 0 Å². The van der Waals surface area contributed by atoms with Crippen molar-refractivity contribution in [3.8, 4) is 73.2 Å². The van der Waals surface area contributed by atoms with Gasteiger partial charge in [-0.25, -0.2) is 4.98 Å². The summed E-state index contributed by atoms with van der Waals surface area (Å²) in [6.45, 7) is 11.8. The molecule has 0 aliphatic rings. The smallest absolute Gasteiger partial charge is 0.268 e. The number of pyridine rings is 1. The molecule has 0 spiro atoms. The Kier molecular flexibility index (Phi) is 7.90. The Morgan fingerprint density at radius 1 is 0.514 bits per heavy atom. The Morgan fingerprint density at radius 2 is 1.11 bits per heavy atom. The normalized spacial score (nSPS) is 15.6. The van der Waals surface area contributed by atoms with E-state index in [1.165, 1.54) is 39.5 Å². The van der Waals surface area contributed by atoms with E-state index in [0.29, 0.717) is 16.9 Å². The van der Waals surface area contributed by atoms with E-state index in [1.54, 1.807) is 24.4 Å². The molecule has 3 aromatic heterocycles. The quantitative estimate of drug-likeness (QED) is 0.107. The van der Waals surface area contributed by atoms with Gasteiger partial charge >= 0.3 is 0 Å². The van der Waals surface area contributed by atoms with Crippen molar-refractivity contribution in [1.82, 2.24) is 14.1 Å². The van der Waals surface area contributed by atoms with Gasteiger partial charge in [0.25, 0.3) is 6.33 Å². The minimum absolute atomic E-state index is 0. The molecule has 0 fully saturated rings. The first-order valence-corrected chi connectivity index (χ1v) is 23.4. The zero-order valence-electron chi connectivity index (χ0n) is 60.8. The van der Waals surface area contributed by atoms with Crippen molar-refractivity contribution >= 4 is 32.8 Å². The second-order valence-corrected chi connectivity index (χ2v) is 19.5. The molecule has 12 aromatic rings. The van der Waals surface area contributed by atoms with Gasteiger partial charge in [-0.05, 0) is 96.2 Å². The minimum Gasteiger partial charge on any atom is -0.510 e. The number of hydrogen-bond acceptors (Lipinski definition) is 2. The molecule has 9 aromatic carbocycles. The van der Waals surface area contributed by atoms with Crippen LogP contribution in [0.5, 0.6) is 11.5 Å². The van der Waals surface area contributed by atoms with Crippen LogP contribution in [-0.2, 0) is 31.9 Å². The molecule has 0 radical (unpaired) electrons. The Balaban J connectivity index is 0.00000901. The van der Waals surface area contributed by atoms with Crippen molar-refractivity contribution in [2.45, 2.75) is 52.4 Å². The predicted octanol–water partition coefficient (Wildman–Crippen LogP) is 16.9. The molecule has 0 unspecified atom stereocenters. The predicted molar refractivity (Wildman–Crippen MR) is 299 cm³/mol. The number of benzene rings is 9. The molecular formula is C68H54N4OPt-2. The topological polar surface area (TPSA) is 35.9 Å². The van der Waals surface area contributed by atoms with E-state index in [2.05, 4.69) is 39.2 Å². The zero-order valence-corrected chi connectivity index (χ0v) is 43.0. The maximum Gasteiger partial charge on any atom is 0.268 e. The third-order valence-electron chi connectivity index (χ3n) is 12.7. The van der Waals surface area contributed by atoms with E-state index in [0.717, 1.165) is 21.9 Å². The first-order valence-electron chi connectivity index (χ1n) is 33.4. The summed E-state index contributed by atoms with van der Waals surface area (Å²) >= 11 is 0. The van der Waals surface area contributed by atoms with Crippen LogP contribution in [-0.4, -0.2) is 14.1 Å². The first-order chi connectivity index (χ1) is 43.7. The molecule has 364 valence electrons. The number of ether oxygens (including phenoxy) is 1. The van der Waals surface area contributed by atoms with Crippen molar-refractivity contribution in [3.63, 3.8) is 0 Å². The van der Waals surface area contributed by atoms with Crippen LogP contribution < -0.4 is 9.30 Å². The van der Waals surface area contributed by atoms with E-state index < -0.39 is 126 Å². The summed E-state index contributed by atoms with van der Waals surface area (Å²) in [5, 5.41) is 1.69. The number of nitrogens with zero attached hydrogens (tertiary/aromatic N) is 4. The second kappa shape index (κ2) is 19.4. The van der Waals surface area contributed by atoms with Crippen molar-refractivity contribution in [2.24, 2.45) is 0 Å². The fraction of sp³-hybridized carbons (Fsp3) is 0.118. The Labute approximate surface area is 476 Å². The summed E-state index contributed by atoms with van der Waals surface area (Å²) < 4.78 is 191. The number of imidazole rings is 1. The standard InChI is InChI=1S/C68H54N4O.Pt/c1-67(2,3)52-35-36-69-65(42-52)72-61-30-20-19-29-57(61)58-33-32-55(44-63(58)72)73-56-38-51(47-23-13-8-14-24-47)37-54(43-56)70-45-71(62-34-31-50(39-64(62)70)46-21-11-7-12-22-46)66-59(48-25-15-9-16-26-48)40-53(68(4,5)6)41-60(66)49-27-17-10-18-28-49;/h7-42H,1-6H3;/q-2;/i7D,8D,9D,10D,11D,12D,13D,14D,15D,16D,17D,18D,21D,22D,23D,24D,25D,26D,27D,28D;. The van der Waals surface area contributed by atoms with E-state index in [1.807, 2.05) is 67.8 Å². The van der Waals surface area contributed by atoms with E-state index in [9.17, 15) is 8.22 Å². The monoisotopic (exact) mass is 1160 g/mol. The van der Waals surface area contributed by atoms with Gasteiger partial charge in [0.1, 0.15) is 5.82 Å². The molecule has 0 atom stereocenters. The van der Waals surface area contributed by atoms with Gasteiger partial charge in [0, 0.05) is 44.3 Å². The number of hydrogen-bond donors (Lipinski definition) is 0. The van der Waals surface area contributed by atoms with Crippen LogP contribution >= 0.6 is 0 Å². The maximum atomic E-state index is 9.46. The molecule has 0 amide bonds. The summed E-state index contributed by atoms with van der Waals surface area (Å²) in [5.41, 5.74) is 0.492. The van der Waals surface area contributed by atoms with Crippen LogP contribution in [0, 0.1) is 18.5 Å². The molecule has 0 saturated heterocycles. The average Bonchev–Trinajstić information content (AvgIpc) is 1.30. The minimum atomic E-state index is -0.841. The van der Waals surface area contributed by atoms with Crippen LogP contribution in [0.25, 0.3) is 94.5 Å². The molecule has 0 aliphatic carbocycles. The van der Waals surface area contributed by atoms with Crippen LogP contribution in [0.1, 0.15) is 80.1 Å². The van der Waals surface area contributed by atoms with Crippen LogP contribution in [0.15, 0.2) is 218 Å². The summed E-state index contributed by atoms with van der Waals surface area (Å²) in [6.07, 6.45) is 5.08. The number of fused-ring (bicyclic) bond motifs is 4. The van der Waals surface area contributed by atoms with Gasteiger partial charge in [-0.1, -0.05) is 210 Å². The summed E-state index contributed by atoms with van der Waals surface area (Å²) in [6, 6.07) is 19.4. The fourth-order valence-electron chi connectivity index (χ4n) is 9.00. The van der Waals surface area contributed by atoms with Crippen LogP contribution in [0.3, 0.4) is 0 Å². The molecule has 3 heterocycles. The van der Waals surface area contributed by atoms with E-state index in [4.69, 9.17) is 28.9 Å². The van der Waals surface area contributed by atoms with Gasteiger partial charge in [0.2, 0.25) is 0 Å². The molecule has 74 heavy (non-hydrogen) atoms. The summed E-state index contributed by atoms with van der Waals surface area (Å²) in [7, 11) is 0. The molecule has 6 heteroatoms. The largest absolute Gasteiger partial charge is 0.510 e. The SMILES string of the molecule is [2H]c1c([2H])c([2H])c(-c2cc(Oc3[c-]c4c(cc3)c3ccccc3n4-c3cc(C(C)(C)C)ccn3)[c-]c(-n3[c-][n+](-c4c(-c5c([2H])c([2H])c([2H])c([2H])c5[2H])cc(C(C)(C)C)cc4-c4c([2H])c([2H])c([2H])c([2H])c4[2H])c4ccc(-c5c([2H])c([2H])c([2H])c([2H])c5[2H])cc43)c2)c([2H])c1[2H].[Pt]. The molecule has 0 aliphatic heterocycles. The zero-order chi connectivity index (χ0) is 67.3. The van der Waals surface area contributed by atoms with Crippen molar-refractivity contribution < 1.29 is 57.8 Å². The summed E-state index contributed by atoms with van der Waals surface area (Å²) in [4.78, 5) is 4.81. The van der Waals surface area contributed by atoms with Gasteiger partial charge < -0.3 is 13.9 Å². The third-order valence-corrected chi connectivity index (χ3v) is 12.7. The molecular weight excluding hydrogens is 1080 g/mol. The maximum absolute atomic E-state index is 9.46. The number of para-hydroxylation sites is 1. The van der Waals surface area contributed by atoms with Crippen LogP contribution in [0.4, 0.5) is 0 Å². The Morgan fingerprint density at radius 3 is 1.73 bits per heavy atom. The van der Waals surface area contributed by atoms with Gasteiger partial charge in [0.05, 0.1) is 44.1 Å². The number of aromatic nitrogens is 4. The van der Waals surface area contributed by atoms with Crippen molar-refractivity contribution in [2.75, 3.05) is 0 Å². The Bertz CT molecular complexity index is 5040. The van der Waals surface area contributed by atoms with Crippen LogP contribution in [0.2, 0.25) is 0 Å². The van der Waals surface area contributed by atoms with Gasteiger partial charge in [-0.15, -0.1) is 35.2 Å². The van der Waals surface area contributed by atoms with Gasteiger partial charge in [-0.3, -0.25) is 4.57 Å². The third kappa shape index (κ3) is 9.07. The molecule has 0 bridgehead atoms.